The first kappa shape index (κ1) is 26.2. The summed E-state index contributed by atoms with van der Waals surface area (Å²) < 4.78 is 5.95. The molecule has 1 saturated carbocycles. The standard InChI is InChI=1S/C31H42N4OS/c1-22(2)36-28-15-9-11-25(19-28)21-34-17-16-31(20-24(34)4)29(32-26-12-6-5-7-13-26)33-30(37)35(31)27-14-8-10-23(3)18-27/h8-11,14-15,18-19,22,24,26H,5-7,12-13,16-17,20-21H2,1-4H3,(H,32,33,37)/t24-,31+/m0/s1. The van der Waals surface area contributed by atoms with Crippen LogP contribution in [-0.2, 0) is 6.54 Å². The zero-order chi connectivity index (χ0) is 26.0. The van der Waals surface area contributed by atoms with Crippen molar-refractivity contribution >= 4 is 28.9 Å². The van der Waals surface area contributed by atoms with E-state index in [-0.39, 0.29) is 11.6 Å². The van der Waals surface area contributed by atoms with Gasteiger partial charge in [0.2, 0.25) is 0 Å². The second-order valence-electron chi connectivity index (χ2n) is 11.5. The molecule has 2 aliphatic heterocycles. The average molecular weight is 519 g/mol. The molecule has 0 aromatic heterocycles. The quantitative estimate of drug-likeness (QED) is 0.435. The average Bonchev–Trinajstić information content (AvgIpc) is 3.11. The van der Waals surface area contributed by atoms with Crippen LogP contribution in [-0.4, -0.2) is 46.1 Å². The van der Waals surface area contributed by atoms with Crippen molar-refractivity contribution in [2.45, 2.75) is 103 Å². The van der Waals surface area contributed by atoms with E-state index in [4.69, 9.17) is 21.9 Å². The van der Waals surface area contributed by atoms with Gasteiger partial charge in [0, 0.05) is 24.8 Å². The minimum atomic E-state index is -0.221. The third-order valence-corrected chi connectivity index (χ3v) is 8.45. The summed E-state index contributed by atoms with van der Waals surface area (Å²) in [6.45, 7) is 10.6. The third kappa shape index (κ3) is 5.70. The number of thiocarbonyl (C=S) groups is 1. The Balaban J connectivity index is 1.42. The van der Waals surface area contributed by atoms with Crippen LogP contribution in [0.3, 0.4) is 0 Å². The van der Waals surface area contributed by atoms with Crippen LogP contribution in [0.25, 0.3) is 0 Å². The Kier molecular flexibility index (Phi) is 7.87. The molecular weight excluding hydrogens is 476 g/mol. The number of amidine groups is 1. The zero-order valence-electron chi connectivity index (χ0n) is 22.9. The lowest BCUT2D eigenvalue weighted by atomic mass is 9.81. The van der Waals surface area contributed by atoms with Crippen molar-refractivity contribution in [3.8, 4) is 5.75 Å². The van der Waals surface area contributed by atoms with Crippen LogP contribution in [0.2, 0.25) is 0 Å². The molecular formula is C31H42N4OS. The topological polar surface area (TPSA) is 40.1 Å². The summed E-state index contributed by atoms with van der Waals surface area (Å²) in [4.78, 5) is 10.4. The lowest BCUT2D eigenvalue weighted by molar-refractivity contribution is 0.125. The first-order valence-electron chi connectivity index (χ1n) is 14.1. The van der Waals surface area contributed by atoms with Crippen molar-refractivity contribution in [2.75, 3.05) is 11.4 Å². The molecule has 6 heteroatoms. The van der Waals surface area contributed by atoms with Gasteiger partial charge in [0.1, 0.15) is 17.1 Å². The monoisotopic (exact) mass is 518 g/mol. The number of hydrogen-bond acceptors (Lipinski definition) is 4. The number of likely N-dealkylation sites (tertiary alicyclic amines) is 1. The van der Waals surface area contributed by atoms with Crippen molar-refractivity contribution in [3.05, 3.63) is 59.7 Å². The Bertz CT molecular complexity index is 1140. The fourth-order valence-corrected chi connectivity index (χ4v) is 6.77. The molecule has 198 valence electrons. The van der Waals surface area contributed by atoms with E-state index in [9.17, 15) is 0 Å². The molecule has 5 nitrogen and oxygen atoms in total. The van der Waals surface area contributed by atoms with Gasteiger partial charge >= 0.3 is 0 Å². The molecule has 0 unspecified atom stereocenters. The van der Waals surface area contributed by atoms with Gasteiger partial charge in [-0.05, 0) is 101 Å². The molecule has 2 atom stereocenters. The van der Waals surface area contributed by atoms with E-state index >= 15 is 0 Å². The van der Waals surface area contributed by atoms with E-state index in [0.29, 0.717) is 12.1 Å². The van der Waals surface area contributed by atoms with Crippen LogP contribution in [0, 0.1) is 6.92 Å². The van der Waals surface area contributed by atoms with Crippen LogP contribution < -0.4 is 15.0 Å². The number of hydrogen-bond donors (Lipinski definition) is 1. The van der Waals surface area contributed by atoms with Crippen molar-refractivity contribution in [1.29, 1.82) is 0 Å². The number of nitrogens with one attached hydrogen (secondary N) is 1. The smallest absolute Gasteiger partial charge is 0.179 e. The van der Waals surface area contributed by atoms with Crippen molar-refractivity contribution < 1.29 is 4.74 Å². The first-order chi connectivity index (χ1) is 17.8. The highest BCUT2D eigenvalue weighted by atomic mass is 32.1. The fraction of sp³-hybridized carbons (Fsp3) is 0.548. The maximum absolute atomic E-state index is 5.99. The molecule has 1 aliphatic carbocycles. The van der Waals surface area contributed by atoms with Gasteiger partial charge in [-0.2, -0.15) is 0 Å². The second kappa shape index (κ2) is 11.1. The Morgan fingerprint density at radius 3 is 2.62 bits per heavy atom. The van der Waals surface area contributed by atoms with Gasteiger partial charge < -0.3 is 15.0 Å². The summed E-state index contributed by atoms with van der Waals surface area (Å²) in [5.41, 5.74) is 3.50. The molecule has 3 fully saturated rings. The van der Waals surface area contributed by atoms with Crippen molar-refractivity contribution in [1.82, 2.24) is 10.2 Å². The predicted octanol–water partition coefficient (Wildman–Crippen LogP) is 6.63. The SMILES string of the molecule is Cc1cccc(N2C(=S)NC(=NC3CCCCC3)[C@]23CCN(Cc2cccc(OC(C)C)c2)[C@@H](C)C3)c1. The lowest BCUT2D eigenvalue weighted by Crippen LogP contribution is -2.59. The predicted molar refractivity (Wildman–Crippen MR) is 158 cm³/mol. The number of rotatable bonds is 6. The van der Waals surface area contributed by atoms with E-state index in [1.54, 1.807) is 0 Å². The molecule has 0 amide bonds. The van der Waals surface area contributed by atoms with Gasteiger partial charge in [-0.1, -0.05) is 43.5 Å². The van der Waals surface area contributed by atoms with Crippen LogP contribution >= 0.6 is 12.2 Å². The highest BCUT2D eigenvalue weighted by molar-refractivity contribution is 7.80. The van der Waals surface area contributed by atoms with Gasteiger partial charge in [-0.3, -0.25) is 9.89 Å². The Hall–Kier alpha value is -2.44. The van der Waals surface area contributed by atoms with Gasteiger partial charge in [-0.25, -0.2) is 0 Å². The molecule has 0 radical (unpaired) electrons. The molecule has 1 N–H and O–H groups in total. The zero-order valence-corrected chi connectivity index (χ0v) is 23.7. The van der Waals surface area contributed by atoms with Gasteiger partial charge in [-0.15, -0.1) is 0 Å². The van der Waals surface area contributed by atoms with E-state index in [2.05, 4.69) is 91.3 Å². The maximum atomic E-state index is 5.99. The Labute approximate surface area is 228 Å². The highest BCUT2D eigenvalue weighted by Crippen LogP contribution is 2.41. The first-order valence-corrected chi connectivity index (χ1v) is 14.5. The van der Waals surface area contributed by atoms with Crippen LogP contribution in [0.4, 0.5) is 5.69 Å². The van der Waals surface area contributed by atoms with Crippen molar-refractivity contribution in [2.24, 2.45) is 4.99 Å². The maximum Gasteiger partial charge on any atom is 0.179 e. The molecule has 2 aromatic rings. The summed E-state index contributed by atoms with van der Waals surface area (Å²) in [5, 5.41) is 4.40. The van der Waals surface area contributed by atoms with Crippen molar-refractivity contribution in [3.63, 3.8) is 0 Å². The number of aryl methyl sites for hydroxylation is 1. The number of piperidine rings is 1. The van der Waals surface area contributed by atoms with E-state index in [1.807, 2.05) is 0 Å². The highest BCUT2D eigenvalue weighted by Gasteiger charge is 2.53. The lowest BCUT2D eigenvalue weighted by Gasteiger charge is -2.47. The Morgan fingerprint density at radius 1 is 1.11 bits per heavy atom. The van der Waals surface area contributed by atoms with E-state index in [0.717, 1.165) is 42.6 Å². The minimum Gasteiger partial charge on any atom is -0.491 e. The second-order valence-corrected chi connectivity index (χ2v) is 11.9. The van der Waals surface area contributed by atoms with E-state index < -0.39 is 0 Å². The largest absolute Gasteiger partial charge is 0.491 e. The normalized spacial score (nSPS) is 26.3. The summed E-state index contributed by atoms with van der Waals surface area (Å²) in [6.07, 6.45) is 8.44. The number of nitrogens with zero attached hydrogens (tertiary/aromatic N) is 3. The number of anilines is 1. The van der Waals surface area contributed by atoms with E-state index in [1.165, 1.54) is 48.9 Å². The summed E-state index contributed by atoms with van der Waals surface area (Å²) in [5.74, 6) is 2.05. The molecule has 2 heterocycles. The molecule has 3 aliphatic rings. The minimum absolute atomic E-state index is 0.178. The summed E-state index contributed by atoms with van der Waals surface area (Å²) in [7, 11) is 0. The van der Waals surface area contributed by atoms with Gasteiger partial charge in [0.15, 0.2) is 5.11 Å². The molecule has 1 spiro atoms. The summed E-state index contributed by atoms with van der Waals surface area (Å²) >= 11 is 5.99. The molecule has 37 heavy (non-hydrogen) atoms. The van der Waals surface area contributed by atoms with Gasteiger partial charge in [0.05, 0.1) is 12.1 Å². The molecule has 0 bridgehead atoms. The van der Waals surface area contributed by atoms with Gasteiger partial charge in [0.25, 0.3) is 0 Å². The number of aliphatic imine (C=N–C) groups is 1. The van der Waals surface area contributed by atoms with Crippen LogP contribution in [0.1, 0.15) is 76.8 Å². The molecule has 2 saturated heterocycles. The molecule has 2 aromatic carbocycles. The molecule has 5 rings (SSSR count). The third-order valence-electron chi connectivity index (χ3n) is 8.17. The van der Waals surface area contributed by atoms with Crippen LogP contribution in [0.5, 0.6) is 5.75 Å². The summed E-state index contributed by atoms with van der Waals surface area (Å²) in [6, 6.07) is 18.1. The number of ether oxygens (including phenoxy) is 1. The Morgan fingerprint density at radius 2 is 1.89 bits per heavy atom. The fourth-order valence-electron chi connectivity index (χ4n) is 6.40. The van der Waals surface area contributed by atoms with Crippen LogP contribution in [0.15, 0.2) is 53.5 Å². The number of benzene rings is 2.